The number of aromatic carboxylic acids is 1. The third kappa shape index (κ3) is 4.47. The first-order chi connectivity index (χ1) is 10.8. The molecule has 2 rings (SSSR count). The van der Waals surface area contributed by atoms with Crippen LogP contribution < -0.4 is 10.1 Å². The van der Waals surface area contributed by atoms with Gasteiger partial charge in [0.25, 0.3) is 5.91 Å². The van der Waals surface area contributed by atoms with E-state index in [9.17, 15) is 22.8 Å². The van der Waals surface area contributed by atoms with Crippen molar-refractivity contribution in [2.45, 2.75) is 6.36 Å². The second-order valence-corrected chi connectivity index (χ2v) is 4.38. The Morgan fingerprint density at radius 3 is 2.39 bits per heavy atom. The fourth-order valence-corrected chi connectivity index (χ4v) is 1.80. The number of halogens is 3. The molecule has 0 atom stereocenters. The van der Waals surface area contributed by atoms with Gasteiger partial charge < -0.3 is 15.2 Å². The number of alkyl halides is 3. The predicted octanol–water partition coefficient (Wildman–Crippen LogP) is 3.54. The molecule has 2 N–H and O–H groups in total. The van der Waals surface area contributed by atoms with E-state index in [-0.39, 0.29) is 16.8 Å². The summed E-state index contributed by atoms with van der Waals surface area (Å²) in [5.41, 5.74) is -0.259. The van der Waals surface area contributed by atoms with E-state index in [4.69, 9.17) is 5.11 Å². The molecule has 23 heavy (non-hydrogen) atoms. The summed E-state index contributed by atoms with van der Waals surface area (Å²) in [6.07, 6.45) is -4.93. The zero-order valence-electron chi connectivity index (χ0n) is 11.4. The normalized spacial score (nSPS) is 10.9. The largest absolute Gasteiger partial charge is 0.573 e. The number of ether oxygens (including phenoxy) is 1. The number of para-hydroxylation sites is 1. The lowest BCUT2D eigenvalue weighted by atomic mass is 10.1. The minimum atomic E-state index is -4.93. The fourth-order valence-electron chi connectivity index (χ4n) is 1.80. The molecule has 0 unspecified atom stereocenters. The van der Waals surface area contributed by atoms with E-state index in [1.807, 2.05) is 0 Å². The molecule has 2 aromatic rings. The lowest BCUT2D eigenvalue weighted by molar-refractivity contribution is -0.274. The summed E-state index contributed by atoms with van der Waals surface area (Å²) < 4.78 is 40.8. The van der Waals surface area contributed by atoms with Crippen molar-refractivity contribution in [2.75, 3.05) is 5.32 Å². The number of amides is 1. The maximum atomic E-state index is 12.3. The van der Waals surface area contributed by atoms with Gasteiger partial charge in [-0.15, -0.1) is 13.2 Å². The molecular weight excluding hydrogens is 315 g/mol. The monoisotopic (exact) mass is 325 g/mol. The number of rotatable bonds is 4. The Morgan fingerprint density at radius 1 is 1.04 bits per heavy atom. The average Bonchev–Trinajstić information content (AvgIpc) is 2.46. The summed E-state index contributed by atoms with van der Waals surface area (Å²) in [5, 5.41) is 11.2. The van der Waals surface area contributed by atoms with Crippen molar-refractivity contribution < 1.29 is 32.6 Å². The Balaban J connectivity index is 2.25. The third-order valence-corrected chi connectivity index (χ3v) is 2.72. The van der Waals surface area contributed by atoms with Gasteiger partial charge in [0.05, 0.1) is 11.1 Å². The van der Waals surface area contributed by atoms with Crippen molar-refractivity contribution >= 4 is 17.6 Å². The maximum absolute atomic E-state index is 12.3. The highest BCUT2D eigenvalue weighted by Gasteiger charge is 2.32. The van der Waals surface area contributed by atoms with Crippen LogP contribution in [0.25, 0.3) is 0 Å². The first-order valence-corrected chi connectivity index (χ1v) is 6.26. The first-order valence-electron chi connectivity index (χ1n) is 6.26. The van der Waals surface area contributed by atoms with Gasteiger partial charge in [-0.2, -0.15) is 0 Å². The van der Waals surface area contributed by atoms with Gasteiger partial charge in [-0.05, 0) is 30.3 Å². The van der Waals surface area contributed by atoms with Crippen LogP contribution >= 0.6 is 0 Å². The van der Waals surface area contributed by atoms with Gasteiger partial charge in [0, 0.05) is 5.69 Å². The van der Waals surface area contributed by atoms with E-state index in [2.05, 4.69) is 10.1 Å². The number of carboxylic acids is 1. The maximum Gasteiger partial charge on any atom is 0.573 e. The van der Waals surface area contributed by atoms with Crippen molar-refractivity contribution in [3.63, 3.8) is 0 Å². The quantitative estimate of drug-likeness (QED) is 0.901. The Morgan fingerprint density at radius 2 is 1.74 bits per heavy atom. The van der Waals surface area contributed by atoms with Gasteiger partial charge in [-0.1, -0.05) is 18.2 Å². The zero-order chi connectivity index (χ0) is 17.0. The second-order valence-electron chi connectivity index (χ2n) is 4.38. The zero-order valence-corrected chi connectivity index (χ0v) is 11.4. The summed E-state index contributed by atoms with van der Waals surface area (Å²) in [6, 6.07) is 10.2. The number of benzene rings is 2. The first kappa shape index (κ1) is 16.3. The Bertz CT molecular complexity index is 743. The third-order valence-electron chi connectivity index (χ3n) is 2.72. The van der Waals surface area contributed by atoms with Gasteiger partial charge in [-0.3, -0.25) is 4.79 Å². The molecule has 1 amide bonds. The van der Waals surface area contributed by atoms with Crippen LogP contribution in [0.1, 0.15) is 20.7 Å². The van der Waals surface area contributed by atoms with Crippen molar-refractivity contribution in [2.24, 2.45) is 0 Å². The van der Waals surface area contributed by atoms with E-state index < -0.39 is 24.0 Å². The van der Waals surface area contributed by atoms with Crippen molar-refractivity contribution in [1.29, 1.82) is 0 Å². The SMILES string of the molecule is O=C(O)c1cccc(NC(=O)c2ccccc2OC(F)(F)F)c1. The Hall–Kier alpha value is -3.03. The van der Waals surface area contributed by atoms with Crippen LogP contribution in [0, 0.1) is 0 Å². The number of hydrogen-bond acceptors (Lipinski definition) is 3. The molecule has 0 saturated carbocycles. The van der Waals surface area contributed by atoms with Crippen LogP contribution in [-0.2, 0) is 0 Å². The predicted molar refractivity (Wildman–Crippen MR) is 74.5 cm³/mol. The van der Waals surface area contributed by atoms with Crippen LogP contribution in [0.3, 0.4) is 0 Å². The number of anilines is 1. The van der Waals surface area contributed by atoms with Crippen molar-refractivity contribution in [1.82, 2.24) is 0 Å². The lowest BCUT2D eigenvalue weighted by Gasteiger charge is -2.13. The minimum absolute atomic E-state index is 0.0670. The minimum Gasteiger partial charge on any atom is -0.478 e. The Kier molecular flexibility index (Phi) is 4.54. The molecule has 0 aliphatic carbocycles. The fraction of sp³-hybridized carbons (Fsp3) is 0.0667. The Labute approximate surface area is 128 Å². The smallest absolute Gasteiger partial charge is 0.478 e. The van der Waals surface area contributed by atoms with Gasteiger partial charge in [-0.25, -0.2) is 4.79 Å². The molecule has 0 fully saturated rings. The highest BCUT2D eigenvalue weighted by Crippen LogP contribution is 2.27. The molecule has 2 aromatic carbocycles. The van der Waals surface area contributed by atoms with Crippen LogP contribution in [0.4, 0.5) is 18.9 Å². The van der Waals surface area contributed by atoms with Crippen LogP contribution in [0.2, 0.25) is 0 Å². The van der Waals surface area contributed by atoms with Crippen molar-refractivity contribution in [3.05, 3.63) is 59.7 Å². The standard InChI is InChI=1S/C15H10F3NO4/c16-15(17,18)23-12-7-2-1-6-11(12)13(20)19-10-5-3-4-9(8-10)14(21)22/h1-8H,(H,19,20)(H,21,22). The van der Waals surface area contributed by atoms with E-state index in [1.165, 1.54) is 36.4 Å². The molecule has 0 heterocycles. The summed E-state index contributed by atoms with van der Waals surface area (Å²) in [4.78, 5) is 23.0. The molecule has 0 spiro atoms. The van der Waals surface area contributed by atoms with Gasteiger partial charge in [0.2, 0.25) is 0 Å². The van der Waals surface area contributed by atoms with E-state index in [0.29, 0.717) is 0 Å². The van der Waals surface area contributed by atoms with Gasteiger partial charge >= 0.3 is 12.3 Å². The molecule has 0 aromatic heterocycles. The summed E-state index contributed by atoms with van der Waals surface area (Å²) >= 11 is 0. The molecule has 120 valence electrons. The molecule has 0 saturated heterocycles. The number of nitrogens with one attached hydrogen (secondary N) is 1. The highest BCUT2D eigenvalue weighted by atomic mass is 19.4. The molecule has 0 aliphatic rings. The number of hydrogen-bond donors (Lipinski definition) is 2. The van der Waals surface area contributed by atoms with Crippen LogP contribution in [0.15, 0.2) is 48.5 Å². The highest BCUT2D eigenvalue weighted by molar-refractivity contribution is 6.06. The molecule has 0 bridgehead atoms. The lowest BCUT2D eigenvalue weighted by Crippen LogP contribution is -2.20. The summed E-state index contributed by atoms with van der Waals surface area (Å²) in [7, 11) is 0. The molecule has 0 aliphatic heterocycles. The number of carbonyl (C=O) groups is 2. The number of carboxylic acid groups (broad SMARTS) is 1. The summed E-state index contributed by atoms with van der Waals surface area (Å²) in [6.45, 7) is 0. The average molecular weight is 325 g/mol. The molecular formula is C15H10F3NO4. The topological polar surface area (TPSA) is 75.6 Å². The van der Waals surface area contributed by atoms with Gasteiger partial charge in [0.15, 0.2) is 0 Å². The summed E-state index contributed by atoms with van der Waals surface area (Å²) in [5.74, 6) is -2.69. The second kappa shape index (κ2) is 6.39. The van der Waals surface area contributed by atoms with Crippen molar-refractivity contribution in [3.8, 4) is 5.75 Å². The van der Waals surface area contributed by atoms with Crippen LogP contribution in [0.5, 0.6) is 5.75 Å². The van der Waals surface area contributed by atoms with E-state index in [1.54, 1.807) is 0 Å². The molecule has 0 radical (unpaired) electrons. The molecule has 8 heteroatoms. The van der Waals surface area contributed by atoms with E-state index >= 15 is 0 Å². The molecule has 5 nitrogen and oxygen atoms in total. The van der Waals surface area contributed by atoms with E-state index in [0.717, 1.165) is 12.1 Å². The number of carbonyl (C=O) groups excluding carboxylic acids is 1. The van der Waals surface area contributed by atoms with Crippen LogP contribution in [-0.4, -0.2) is 23.3 Å². The van der Waals surface area contributed by atoms with Gasteiger partial charge in [0.1, 0.15) is 5.75 Å².